The third-order valence-electron chi connectivity index (χ3n) is 3.12. The normalized spacial score (nSPS) is 26.3. The van der Waals surface area contributed by atoms with Crippen molar-refractivity contribution < 1.29 is 9.63 Å². The Balaban J connectivity index is 1.86. The molecule has 3 aliphatic rings. The third-order valence-corrected chi connectivity index (χ3v) is 3.61. The van der Waals surface area contributed by atoms with Crippen molar-refractivity contribution in [1.82, 2.24) is 5.06 Å². The van der Waals surface area contributed by atoms with Crippen LogP contribution in [0.2, 0.25) is 0 Å². The number of benzene rings is 1. The summed E-state index contributed by atoms with van der Waals surface area (Å²) in [5.74, 6) is -0.0645. The lowest BCUT2D eigenvalue weighted by Crippen LogP contribution is -2.48. The quantitative estimate of drug-likeness (QED) is 0.745. The Morgan fingerprint density at radius 1 is 1.35 bits per heavy atom. The van der Waals surface area contributed by atoms with Gasteiger partial charge in [-0.25, -0.2) is 5.06 Å². The predicted molar refractivity (Wildman–Crippen MR) is 67.3 cm³/mol. The van der Waals surface area contributed by atoms with Gasteiger partial charge in [0.1, 0.15) is 6.10 Å². The first-order valence-corrected chi connectivity index (χ1v) is 6.47. The van der Waals surface area contributed by atoms with Gasteiger partial charge in [-0.3, -0.25) is 9.63 Å². The number of hydroxylamine groups is 2. The van der Waals surface area contributed by atoms with E-state index < -0.39 is 0 Å². The van der Waals surface area contributed by atoms with Gasteiger partial charge in [0.25, 0.3) is 5.91 Å². The van der Waals surface area contributed by atoms with Gasteiger partial charge in [-0.1, -0.05) is 34.1 Å². The third kappa shape index (κ3) is 2.03. The maximum atomic E-state index is 12.3. The van der Waals surface area contributed by atoms with Gasteiger partial charge in [0.2, 0.25) is 0 Å². The molecule has 17 heavy (non-hydrogen) atoms. The van der Waals surface area contributed by atoms with Crippen molar-refractivity contribution in [3.63, 3.8) is 0 Å². The Bertz CT molecular complexity index is 486. The minimum atomic E-state index is -0.0645. The van der Waals surface area contributed by atoms with E-state index in [0.29, 0.717) is 5.56 Å². The second-order valence-electron chi connectivity index (χ2n) is 4.31. The molecule has 2 heterocycles. The van der Waals surface area contributed by atoms with Crippen molar-refractivity contribution >= 4 is 21.8 Å². The zero-order chi connectivity index (χ0) is 11.8. The molecule has 2 bridgehead atoms. The summed E-state index contributed by atoms with van der Waals surface area (Å²) in [6, 6.07) is 7.47. The lowest BCUT2D eigenvalue weighted by atomic mass is 9.98. The largest absolute Gasteiger partial charge is 0.278 e. The first-order valence-electron chi connectivity index (χ1n) is 5.68. The van der Waals surface area contributed by atoms with E-state index in [-0.39, 0.29) is 18.1 Å². The molecule has 4 heteroatoms. The molecule has 0 saturated carbocycles. The summed E-state index contributed by atoms with van der Waals surface area (Å²) in [4.78, 5) is 17.9. The van der Waals surface area contributed by atoms with Crippen LogP contribution in [-0.2, 0) is 4.84 Å². The summed E-state index contributed by atoms with van der Waals surface area (Å²) in [5, 5.41) is 1.51. The Morgan fingerprint density at radius 3 is 2.82 bits per heavy atom. The molecule has 3 nitrogen and oxygen atoms in total. The van der Waals surface area contributed by atoms with E-state index in [1.54, 1.807) is 0 Å². The van der Waals surface area contributed by atoms with Crippen LogP contribution in [0.25, 0.3) is 0 Å². The van der Waals surface area contributed by atoms with Gasteiger partial charge < -0.3 is 0 Å². The van der Waals surface area contributed by atoms with E-state index in [2.05, 4.69) is 22.0 Å². The number of rotatable bonds is 1. The first-order chi connectivity index (χ1) is 8.24. The minimum absolute atomic E-state index is 0.0645. The van der Waals surface area contributed by atoms with E-state index in [0.717, 1.165) is 17.3 Å². The monoisotopic (exact) mass is 293 g/mol. The van der Waals surface area contributed by atoms with Gasteiger partial charge in [0.15, 0.2) is 0 Å². The number of hydrogen-bond donors (Lipinski definition) is 0. The molecule has 2 aliphatic heterocycles. The summed E-state index contributed by atoms with van der Waals surface area (Å²) in [6.07, 6.45) is 6.16. The number of fused-ring (bicyclic) bond motifs is 2. The second-order valence-corrected chi connectivity index (χ2v) is 5.23. The van der Waals surface area contributed by atoms with Gasteiger partial charge in [0, 0.05) is 10.0 Å². The predicted octanol–water partition coefficient (Wildman–Crippen LogP) is 2.92. The van der Waals surface area contributed by atoms with Crippen molar-refractivity contribution in [2.45, 2.75) is 25.0 Å². The number of amides is 1. The number of halogens is 1. The maximum Gasteiger partial charge on any atom is 0.278 e. The van der Waals surface area contributed by atoms with E-state index in [1.807, 2.05) is 30.3 Å². The highest BCUT2D eigenvalue weighted by atomic mass is 79.9. The Kier molecular flexibility index (Phi) is 2.76. The van der Waals surface area contributed by atoms with Crippen molar-refractivity contribution in [1.29, 1.82) is 0 Å². The zero-order valence-corrected chi connectivity index (χ0v) is 10.8. The smallest absolute Gasteiger partial charge is 0.267 e. The fourth-order valence-electron chi connectivity index (χ4n) is 2.23. The van der Waals surface area contributed by atoms with E-state index in [1.165, 1.54) is 5.06 Å². The lowest BCUT2D eigenvalue weighted by molar-refractivity contribution is -0.197. The summed E-state index contributed by atoms with van der Waals surface area (Å²) in [7, 11) is 0. The first kappa shape index (κ1) is 11.0. The number of carbonyl (C=O) groups is 1. The fourth-order valence-corrected chi connectivity index (χ4v) is 2.63. The molecule has 1 fully saturated rings. The fraction of sp³-hybridized carbons (Fsp3) is 0.308. The minimum Gasteiger partial charge on any atom is -0.267 e. The van der Waals surface area contributed by atoms with Crippen LogP contribution in [0.15, 0.2) is 40.9 Å². The Hall–Kier alpha value is -1.13. The highest BCUT2D eigenvalue weighted by Crippen LogP contribution is 2.29. The number of nitrogens with zero attached hydrogens (tertiary/aromatic N) is 1. The molecule has 0 N–H and O–H groups in total. The standard InChI is InChI=1S/C13H12BrNO2/c14-10-3-1-2-9(8-10)13(16)15-11-4-6-12(17-15)7-5-11/h1-4,6,8,11-12H,5,7H2. The molecular formula is C13H12BrNO2. The number of hydrogen-bond acceptors (Lipinski definition) is 2. The van der Waals surface area contributed by atoms with E-state index in [9.17, 15) is 4.79 Å². The van der Waals surface area contributed by atoms with Gasteiger partial charge in [-0.15, -0.1) is 0 Å². The molecule has 1 aliphatic carbocycles. The molecule has 88 valence electrons. The second kappa shape index (κ2) is 4.27. The Morgan fingerprint density at radius 2 is 2.24 bits per heavy atom. The van der Waals surface area contributed by atoms with Crippen molar-refractivity contribution in [2.75, 3.05) is 0 Å². The molecule has 0 spiro atoms. The van der Waals surface area contributed by atoms with Crippen LogP contribution < -0.4 is 0 Å². The molecule has 1 aromatic rings. The topological polar surface area (TPSA) is 29.5 Å². The van der Waals surface area contributed by atoms with E-state index in [4.69, 9.17) is 4.84 Å². The molecule has 1 saturated heterocycles. The van der Waals surface area contributed by atoms with Gasteiger partial charge in [-0.2, -0.15) is 0 Å². The number of carbonyl (C=O) groups excluding carboxylic acids is 1. The summed E-state index contributed by atoms with van der Waals surface area (Å²) in [6.45, 7) is 0. The van der Waals surface area contributed by atoms with Gasteiger partial charge in [0.05, 0.1) is 6.04 Å². The van der Waals surface area contributed by atoms with Gasteiger partial charge in [-0.05, 0) is 31.0 Å². The lowest BCUT2D eigenvalue weighted by Gasteiger charge is -2.40. The molecule has 2 unspecified atom stereocenters. The average molecular weight is 294 g/mol. The van der Waals surface area contributed by atoms with E-state index >= 15 is 0 Å². The molecule has 4 rings (SSSR count). The molecule has 2 atom stereocenters. The highest BCUT2D eigenvalue weighted by Gasteiger charge is 2.34. The maximum absolute atomic E-state index is 12.3. The summed E-state index contributed by atoms with van der Waals surface area (Å²) < 4.78 is 0.904. The zero-order valence-electron chi connectivity index (χ0n) is 9.17. The SMILES string of the molecule is O=C(c1cccc(Br)c1)N1OC2C=CC1CC2. The van der Waals surface area contributed by atoms with Crippen molar-refractivity contribution in [3.05, 3.63) is 46.5 Å². The summed E-state index contributed by atoms with van der Waals surface area (Å²) in [5.41, 5.74) is 0.653. The summed E-state index contributed by atoms with van der Waals surface area (Å²) >= 11 is 3.37. The Labute approximate surface area is 108 Å². The van der Waals surface area contributed by atoms with Crippen LogP contribution in [-0.4, -0.2) is 23.1 Å². The molecule has 0 radical (unpaired) electrons. The van der Waals surface area contributed by atoms with Crippen LogP contribution in [0.3, 0.4) is 0 Å². The molecular weight excluding hydrogens is 282 g/mol. The van der Waals surface area contributed by atoms with Crippen LogP contribution in [0, 0.1) is 0 Å². The highest BCUT2D eigenvalue weighted by molar-refractivity contribution is 9.10. The average Bonchev–Trinajstić information content (AvgIpc) is 2.39. The molecule has 0 aromatic heterocycles. The van der Waals surface area contributed by atoms with Gasteiger partial charge >= 0.3 is 0 Å². The van der Waals surface area contributed by atoms with Crippen molar-refractivity contribution in [3.8, 4) is 0 Å². The van der Waals surface area contributed by atoms with Crippen LogP contribution >= 0.6 is 15.9 Å². The van der Waals surface area contributed by atoms with Crippen LogP contribution in [0.4, 0.5) is 0 Å². The van der Waals surface area contributed by atoms with Crippen molar-refractivity contribution in [2.24, 2.45) is 0 Å². The molecule has 1 amide bonds. The van der Waals surface area contributed by atoms with Crippen LogP contribution in [0.1, 0.15) is 23.2 Å². The molecule has 1 aromatic carbocycles. The van der Waals surface area contributed by atoms with Crippen LogP contribution in [0.5, 0.6) is 0 Å².